The van der Waals surface area contributed by atoms with E-state index in [2.05, 4.69) is 4.98 Å². The van der Waals surface area contributed by atoms with Gasteiger partial charge in [0.1, 0.15) is 5.82 Å². The van der Waals surface area contributed by atoms with Gasteiger partial charge in [0, 0.05) is 11.5 Å². The monoisotopic (exact) mass is 299 g/mol. The SMILES string of the molecule is O=C(O)c1cc(C=Cc2ccsc2)nc2cc(F)ccc12. The molecular formula is C16H10FNO2S. The highest BCUT2D eigenvalue weighted by Crippen LogP contribution is 2.21. The molecule has 0 amide bonds. The summed E-state index contributed by atoms with van der Waals surface area (Å²) in [5.74, 6) is -1.50. The summed E-state index contributed by atoms with van der Waals surface area (Å²) in [7, 11) is 0. The molecule has 3 nitrogen and oxygen atoms in total. The summed E-state index contributed by atoms with van der Waals surface area (Å²) >= 11 is 1.57. The fraction of sp³-hybridized carbons (Fsp3) is 0. The van der Waals surface area contributed by atoms with Crippen LogP contribution < -0.4 is 0 Å². The molecule has 0 aliphatic carbocycles. The molecule has 0 bridgehead atoms. The van der Waals surface area contributed by atoms with Gasteiger partial charge in [-0.3, -0.25) is 0 Å². The third-order valence-electron chi connectivity index (χ3n) is 3.01. The number of benzene rings is 1. The first-order chi connectivity index (χ1) is 10.1. The molecule has 0 aliphatic rings. The van der Waals surface area contributed by atoms with E-state index >= 15 is 0 Å². The lowest BCUT2D eigenvalue weighted by molar-refractivity contribution is 0.0699. The quantitative estimate of drug-likeness (QED) is 0.784. The second kappa shape index (κ2) is 5.46. The molecule has 21 heavy (non-hydrogen) atoms. The van der Waals surface area contributed by atoms with E-state index in [0.29, 0.717) is 16.6 Å². The Morgan fingerprint density at radius 3 is 2.81 bits per heavy atom. The molecule has 0 atom stereocenters. The second-order valence-corrected chi connectivity index (χ2v) is 5.23. The Bertz CT molecular complexity index is 841. The van der Waals surface area contributed by atoms with Crippen molar-refractivity contribution >= 4 is 40.4 Å². The summed E-state index contributed by atoms with van der Waals surface area (Å²) in [6.07, 6.45) is 3.56. The van der Waals surface area contributed by atoms with Gasteiger partial charge >= 0.3 is 5.97 Å². The molecule has 5 heteroatoms. The number of rotatable bonds is 3. The Labute approximate surface area is 124 Å². The van der Waals surface area contributed by atoms with Gasteiger partial charge in [-0.05, 0) is 46.7 Å². The standard InChI is InChI=1S/C16H10FNO2S/c17-11-2-4-13-14(16(19)20)8-12(18-15(13)7-11)3-1-10-5-6-21-9-10/h1-9H,(H,19,20). The molecule has 0 unspecified atom stereocenters. The fourth-order valence-electron chi connectivity index (χ4n) is 2.04. The van der Waals surface area contributed by atoms with Crippen molar-refractivity contribution in [1.29, 1.82) is 0 Å². The Morgan fingerprint density at radius 1 is 1.24 bits per heavy atom. The lowest BCUT2D eigenvalue weighted by Gasteiger charge is -2.04. The minimum atomic E-state index is -1.06. The number of carbonyl (C=O) groups is 1. The van der Waals surface area contributed by atoms with Gasteiger partial charge in [0.2, 0.25) is 0 Å². The molecule has 1 aromatic carbocycles. The molecule has 3 aromatic rings. The maximum atomic E-state index is 13.3. The summed E-state index contributed by atoms with van der Waals surface area (Å²) in [4.78, 5) is 15.6. The summed E-state index contributed by atoms with van der Waals surface area (Å²) < 4.78 is 13.3. The molecule has 0 fully saturated rings. The number of nitrogens with zero attached hydrogens (tertiary/aromatic N) is 1. The number of fused-ring (bicyclic) bond motifs is 1. The van der Waals surface area contributed by atoms with Crippen molar-refractivity contribution in [2.24, 2.45) is 0 Å². The Morgan fingerprint density at radius 2 is 2.10 bits per heavy atom. The normalized spacial score (nSPS) is 11.3. The van der Waals surface area contributed by atoms with Crippen molar-refractivity contribution in [3.8, 4) is 0 Å². The van der Waals surface area contributed by atoms with E-state index in [1.165, 1.54) is 24.3 Å². The van der Waals surface area contributed by atoms with Crippen LogP contribution in [0.2, 0.25) is 0 Å². The van der Waals surface area contributed by atoms with Crippen LogP contribution in [0.1, 0.15) is 21.6 Å². The largest absolute Gasteiger partial charge is 0.478 e. The van der Waals surface area contributed by atoms with Crippen LogP contribution in [0.15, 0.2) is 41.1 Å². The number of hydrogen-bond acceptors (Lipinski definition) is 3. The third kappa shape index (κ3) is 2.83. The average molecular weight is 299 g/mol. The lowest BCUT2D eigenvalue weighted by atomic mass is 10.1. The molecule has 0 spiro atoms. The average Bonchev–Trinajstić information content (AvgIpc) is 2.97. The van der Waals surface area contributed by atoms with Gasteiger partial charge in [-0.15, -0.1) is 0 Å². The zero-order chi connectivity index (χ0) is 14.8. The molecule has 0 saturated carbocycles. The van der Waals surface area contributed by atoms with Crippen LogP contribution in [-0.2, 0) is 0 Å². The second-order valence-electron chi connectivity index (χ2n) is 4.45. The van der Waals surface area contributed by atoms with Crippen molar-refractivity contribution in [3.63, 3.8) is 0 Å². The first-order valence-corrected chi connectivity index (χ1v) is 7.11. The predicted molar refractivity (Wildman–Crippen MR) is 81.9 cm³/mol. The van der Waals surface area contributed by atoms with Crippen molar-refractivity contribution in [3.05, 3.63) is 63.7 Å². The van der Waals surface area contributed by atoms with E-state index in [1.807, 2.05) is 22.9 Å². The minimum absolute atomic E-state index is 0.116. The first kappa shape index (κ1) is 13.5. The van der Waals surface area contributed by atoms with Gasteiger partial charge < -0.3 is 5.11 Å². The van der Waals surface area contributed by atoms with Crippen molar-refractivity contribution in [1.82, 2.24) is 4.98 Å². The van der Waals surface area contributed by atoms with Crippen molar-refractivity contribution in [2.75, 3.05) is 0 Å². The zero-order valence-corrected chi connectivity index (χ0v) is 11.6. The summed E-state index contributed by atoms with van der Waals surface area (Å²) in [5.41, 5.74) is 1.94. The van der Waals surface area contributed by atoms with Gasteiger partial charge in [0.15, 0.2) is 0 Å². The Balaban J connectivity index is 2.13. The maximum absolute atomic E-state index is 13.3. The molecule has 2 heterocycles. The number of halogens is 1. The highest BCUT2D eigenvalue weighted by atomic mass is 32.1. The van der Waals surface area contributed by atoms with Crippen molar-refractivity contribution in [2.45, 2.75) is 0 Å². The molecule has 0 saturated heterocycles. The molecule has 3 rings (SSSR count). The van der Waals surface area contributed by atoms with Crippen LogP contribution in [0.5, 0.6) is 0 Å². The van der Waals surface area contributed by atoms with E-state index < -0.39 is 11.8 Å². The molecule has 104 valence electrons. The van der Waals surface area contributed by atoms with Gasteiger partial charge in [-0.2, -0.15) is 11.3 Å². The summed E-state index contributed by atoms with van der Waals surface area (Å²) in [6.45, 7) is 0. The van der Waals surface area contributed by atoms with Crippen LogP contribution in [0.4, 0.5) is 4.39 Å². The number of carboxylic acid groups (broad SMARTS) is 1. The minimum Gasteiger partial charge on any atom is -0.478 e. The third-order valence-corrected chi connectivity index (χ3v) is 3.71. The van der Waals surface area contributed by atoms with Crippen LogP contribution in [0.3, 0.4) is 0 Å². The smallest absolute Gasteiger partial charge is 0.336 e. The van der Waals surface area contributed by atoms with E-state index in [1.54, 1.807) is 17.4 Å². The lowest BCUT2D eigenvalue weighted by Crippen LogP contribution is -2.00. The van der Waals surface area contributed by atoms with Crippen LogP contribution in [0, 0.1) is 5.82 Å². The Hall–Kier alpha value is -2.53. The van der Waals surface area contributed by atoms with E-state index in [9.17, 15) is 14.3 Å². The molecule has 2 aromatic heterocycles. The maximum Gasteiger partial charge on any atom is 0.336 e. The summed E-state index contributed by atoms with van der Waals surface area (Å²) in [5, 5.41) is 13.6. The number of aromatic carboxylic acids is 1. The van der Waals surface area contributed by atoms with Crippen LogP contribution >= 0.6 is 11.3 Å². The number of pyridine rings is 1. The number of thiophene rings is 1. The van der Waals surface area contributed by atoms with Crippen molar-refractivity contribution < 1.29 is 14.3 Å². The summed E-state index contributed by atoms with van der Waals surface area (Å²) in [6, 6.07) is 7.35. The number of hydrogen-bond donors (Lipinski definition) is 1. The van der Waals surface area contributed by atoms with E-state index in [-0.39, 0.29) is 5.56 Å². The molecular weight excluding hydrogens is 289 g/mol. The fourth-order valence-corrected chi connectivity index (χ4v) is 2.66. The first-order valence-electron chi connectivity index (χ1n) is 6.17. The number of aromatic nitrogens is 1. The van der Waals surface area contributed by atoms with E-state index in [0.717, 1.165) is 5.56 Å². The number of carboxylic acids is 1. The highest BCUT2D eigenvalue weighted by molar-refractivity contribution is 7.08. The van der Waals surface area contributed by atoms with Gasteiger partial charge in [-0.1, -0.05) is 6.08 Å². The van der Waals surface area contributed by atoms with E-state index in [4.69, 9.17) is 0 Å². The highest BCUT2D eigenvalue weighted by Gasteiger charge is 2.11. The molecule has 1 N–H and O–H groups in total. The van der Waals surface area contributed by atoms with Gasteiger partial charge in [-0.25, -0.2) is 14.2 Å². The van der Waals surface area contributed by atoms with Gasteiger partial charge in [0.25, 0.3) is 0 Å². The Kier molecular flexibility index (Phi) is 3.50. The van der Waals surface area contributed by atoms with Crippen LogP contribution in [-0.4, -0.2) is 16.1 Å². The zero-order valence-electron chi connectivity index (χ0n) is 10.8. The topological polar surface area (TPSA) is 50.2 Å². The van der Waals surface area contributed by atoms with Gasteiger partial charge in [0.05, 0.1) is 16.8 Å². The predicted octanol–water partition coefficient (Wildman–Crippen LogP) is 4.30. The molecule has 0 radical (unpaired) electrons. The molecule has 0 aliphatic heterocycles. The van der Waals surface area contributed by atoms with Crippen LogP contribution in [0.25, 0.3) is 23.1 Å².